The average molecular weight is 498 g/mol. The van der Waals surface area contributed by atoms with Crippen LogP contribution in [0.5, 0.6) is 0 Å². The highest BCUT2D eigenvalue weighted by Gasteiger charge is 2.31. The average Bonchev–Trinajstić information content (AvgIpc) is 3.10. The van der Waals surface area contributed by atoms with Gasteiger partial charge in [-0.25, -0.2) is 13.2 Å². The van der Waals surface area contributed by atoms with Crippen LogP contribution in [0.3, 0.4) is 0 Å². The first-order valence-electron chi connectivity index (χ1n) is 10.3. The Morgan fingerprint density at radius 1 is 1.18 bits per heavy atom. The number of esters is 1. The Kier molecular flexibility index (Phi) is 7.45. The molecule has 1 aliphatic rings. The molecule has 178 valence electrons. The van der Waals surface area contributed by atoms with Crippen LogP contribution in [0.1, 0.15) is 63.0 Å². The van der Waals surface area contributed by atoms with Crippen LogP contribution in [0.15, 0.2) is 27.5 Å². The molecule has 0 unspecified atom stereocenters. The zero-order valence-electron chi connectivity index (χ0n) is 18.1. The van der Waals surface area contributed by atoms with Crippen LogP contribution in [-0.2, 0) is 14.8 Å². The molecule has 12 heteroatoms. The van der Waals surface area contributed by atoms with E-state index in [9.17, 15) is 22.8 Å². The van der Waals surface area contributed by atoms with Crippen molar-refractivity contribution in [3.8, 4) is 0 Å². The number of furan rings is 1. The summed E-state index contributed by atoms with van der Waals surface area (Å²) in [6, 6.07) is 3.79. The molecule has 1 fully saturated rings. The smallest absolute Gasteiger partial charge is 0.342 e. The molecule has 1 aromatic heterocycles. The zero-order chi connectivity index (χ0) is 24.3. The van der Waals surface area contributed by atoms with E-state index in [0.717, 1.165) is 25.3 Å². The second kappa shape index (κ2) is 9.94. The van der Waals surface area contributed by atoms with Crippen LogP contribution < -0.4 is 11.1 Å². The van der Waals surface area contributed by atoms with Crippen LogP contribution in [0, 0.1) is 6.92 Å². The van der Waals surface area contributed by atoms with Crippen molar-refractivity contribution in [1.29, 1.82) is 0 Å². The predicted molar refractivity (Wildman–Crippen MR) is 120 cm³/mol. The van der Waals surface area contributed by atoms with Gasteiger partial charge in [0, 0.05) is 13.1 Å². The fourth-order valence-electron chi connectivity index (χ4n) is 3.58. The number of amides is 2. The normalized spacial score (nSPS) is 14.6. The van der Waals surface area contributed by atoms with Gasteiger partial charge in [-0.05, 0) is 44.9 Å². The minimum atomic E-state index is -3.81. The van der Waals surface area contributed by atoms with Crippen LogP contribution in [-0.4, -0.2) is 50.2 Å². The Morgan fingerprint density at radius 3 is 2.45 bits per heavy atom. The fourth-order valence-corrected chi connectivity index (χ4v) is 5.33. The fraction of sp³-hybridized carbons (Fsp3) is 0.381. The molecule has 3 rings (SSSR count). The highest BCUT2D eigenvalue weighted by Crippen LogP contribution is 2.30. The van der Waals surface area contributed by atoms with Crippen molar-refractivity contribution in [2.75, 3.05) is 25.0 Å². The summed E-state index contributed by atoms with van der Waals surface area (Å²) in [5, 5.41) is 2.34. The molecule has 0 bridgehead atoms. The lowest BCUT2D eigenvalue weighted by Crippen LogP contribution is -2.35. The van der Waals surface area contributed by atoms with Crippen molar-refractivity contribution < 1.29 is 32.0 Å². The minimum Gasteiger partial charge on any atom is -0.462 e. The number of anilines is 1. The number of carbonyl (C=O) groups excluding carboxylic acids is 3. The summed E-state index contributed by atoms with van der Waals surface area (Å²) in [4.78, 5) is 37.1. The third-order valence-corrected chi connectivity index (χ3v) is 7.40. The number of hydrogen-bond acceptors (Lipinski definition) is 7. The van der Waals surface area contributed by atoms with E-state index < -0.39 is 27.8 Å². The molecule has 33 heavy (non-hydrogen) atoms. The van der Waals surface area contributed by atoms with Crippen molar-refractivity contribution in [1.82, 2.24) is 4.31 Å². The van der Waals surface area contributed by atoms with Crippen LogP contribution in [0.2, 0.25) is 5.02 Å². The number of hydrogen-bond donors (Lipinski definition) is 2. The van der Waals surface area contributed by atoms with Crippen molar-refractivity contribution >= 4 is 45.3 Å². The van der Waals surface area contributed by atoms with E-state index in [1.807, 2.05) is 0 Å². The Hall–Kier alpha value is -2.89. The van der Waals surface area contributed by atoms with E-state index >= 15 is 0 Å². The summed E-state index contributed by atoms with van der Waals surface area (Å²) in [6.45, 7) is 3.85. The summed E-state index contributed by atoms with van der Waals surface area (Å²) in [5.74, 6) is -3.04. The monoisotopic (exact) mass is 497 g/mol. The first kappa shape index (κ1) is 24.7. The van der Waals surface area contributed by atoms with Crippen molar-refractivity contribution in [3.63, 3.8) is 0 Å². The van der Waals surface area contributed by atoms with Gasteiger partial charge in [0.25, 0.3) is 11.8 Å². The molecular formula is C21H24ClN3O7S. The van der Waals surface area contributed by atoms with Gasteiger partial charge in [0.15, 0.2) is 0 Å². The van der Waals surface area contributed by atoms with E-state index in [2.05, 4.69) is 5.32 Å². The number of benzene rings is 1. The quantitative estimate of drug-likeness (QED) is 0.558. The molecule has 0 saturated carbocycles. The van der Waals surface area contributed by atoms with Crippen molar-refractivity contribution in [2.24, 2.45) is 5.73 Å². The number of sulfonamides is 1. The third kappa shape index (κ3) is 5.05. The Morgan fingerprint density at radius 2 is 1.85 bits per heavy atom. The summed E-state index contributed by atoms with van der Waals surface area (Å²) < 4.78 is 37.6. The Labute approximate surface area is 196 Å². The molecule has 10 nitrogen and oxygen atoms in total. The first-order chi connectivity index (χ1) is 15.6. The number of aryl methyl sites for hydroxylation is 1. The number of halogens is 1. The van der Waals surface area contributed by atoms with Crippen molar-refractivity contribution in [2.45, 2.75) is 38.0 Å². The standard InChI is InChI=1S/C21H24ClN3O7S/c1-3-31-21(28)16-12(2)32-20(17(16)18(23)26)24-19(27)14-11-13(7-8-15(14)22)33(29,30)25-9-5-4-6-10-25/h7-8,11H,3-6,9-10H2,1-2H3,(H2,23,26)(H,24,27). The molecule has 2 amide bonds. The molecule has 0 spiro atoms. The summed E-state index contributed by atoms with van der Waals surface area (Å²) in [6.07, 6.45) is 2.48. The lowest BCUT2D eigenvalue weighted by Gasteiger charge is -2.26. The second-order valence-corrected chi connectivity index (χ2v) is 9.73. The summed E-state index contributed by atoms with van der Waals surface area (Å²) in [5.41, 5.74) is 4.69. The molecule has 3 N–H and O–H groups in total. The number of nitrogens with two attached hydrogens (primary N) is 1. The van der Waals surface area contributed by atoms with E-state index in [1.165, 1.54) is 23.4 Å². The lowest BCUT2D eigenvalue weighted by molar-refractivity contribution is 0.0521. The molecule has 0 atom stereocenters. The summed E-state index contributed by atoms with van der Waals surface area (Å²) >= 11 is 6.16. The van der Waals surface area contributed by atoms with Crippen molar-refractivity contribution in [3.05, 3.63) is 45.7 Å². The molecule has 1 aromatic carbocycles. The second-order valence-electron chi connectivity index (χ2n) is 7.38. The minimum absolute atomic E-state index is 0.0142. The molecule has 0 aliphatic carbocycles. The van der Waals surface area contributed by atoms with E-state index in [4.69, 9.17) is 26.5 Å². The van der Waals surface area contributed by atoms with Gasteiger partial charge < -0.3 is 14.9 Å². The highest BCUT2D eigenvalue weighted by molar-refractivity contribution is 7.89. The van der Waals surface area contributed by atoms with Gasteiger partial charge in [0.2, 0.25) is 15.9 Å². The van der Waals surface area contributed by atoms with Gasteiger partial charge in [-0.15, -0.1) is 0 Å². The first-order valence-corrected chi connectivity index (χ1v) is 12.1. The highest BCUT2D eigenvalue weighted by atomic mass is 35.5. The Balaban J connectivity index is 1.96. The van der Waals surface area contributed by atoms with Gasteiger partial charge in [-0.2, -0.15) is 4.31 Å². The summed E-state index contributed by atoms with van der Waals surface area (Å²) in [7, 11) is -3.81. The largest absolute Gasteiger partial charge is 0.462 e. The molecule has 0 radical (unpaired) electrons. The lowest BCUT2D eigenvalue weighted by atomic mass is 10.1. The van der Waals surface area contributed by atoms with Gasteiger partial charge in [0.1, 0.15) is 16.9 Å². The van der Waals surface area contributed by atoms with Crippen LogP contribution in [0.4, 0.5) is 5.88 Å². The van der Waals surface area contributed by atoms with Gasteiger partial charge in [-0.1, -0.05) is 18.0 Å². The number of piperidine rings is 1. The number of ether oxygens (including phenoxy) is 1. The molecule has 2 aromatic rings. The SMILES string of the molecule is CCOC(=O)c1c(C)oc(NC(=O)c2cc(S(=O)(=O)N3CCCCC3)ccc2Cl)c1C(N)=O. The number of nitrogens with zero attached hydrogens (tertiary/aromatic N) is 1. The maximum atomic E-state index is 13.0. The third-order valence-electron chi connectivity index (χ3n) is 5.17. The number of carbonyl (C=O) groups is 3. The maximum Gasteiger partial charge on any atom is 0.342 e. The number of rotatable bonds is 7. The predicted octanol–water partition coefficient (Wildman–Crippen LogP) is 2.94. The Bertz CT molecular complexity index is 1200. The number of nitrogens with one attached hydrogen (secondary N) is 1. The van der Waals surface area contributed by atoms with E-state index in [0.29, 0.717) is 13.1 Å². The van der Waals surface area contributed by atoms with Gasteiger partial charge in [0.05, 0.1) is 22.1 Å². The van der Waals surface area contributed by atoms with Crippen LogP contribution in [0.25, 0.3) is 0 Å². The topological polar surface area (TPSA) is 149 Å². The van der Waals surface area contributed by atoms with E-state index in [-0.39, 0.29) is 44.9 Å². The van der Waals surface area contributed by atoms with Gasteiger partial charge in [-0.3, -0.25) is 14.9 Å². The van der Waals surface area contributed by atoms with Crippen LogP contribution >= 0.6 is 11.6 Å². The molecule has 1 aliphatic heterocycles. The maximum absolute atomic E-state index is 13.0. The molecular weight excluding hydrogens is 474 g/mol. The number of primary amides is 1. The molecule has 1 saturated heterocycles. The van der Waals surface area contributed by atoms with E-state index in [1.54, 1.807) is 6.92 Å². The molecule has 2 heterocycles. The zero-order valence-corrected chi connectivity index (χ0v) is 19.7. The van der Waals surface area contributed by atoms with Gasteiger partial charge >= 0.3 is 5.97 Å².